The molecule has 1 aromatic carbocycles. The number of rotatable bonds is 5. The molecule has 0 spiro atoms. The van der Waals surface area contributed by atoms with Crippen molar-refractivity contribution >= 4 is 5.91 Å². The Hall–Kier alpha value is -2.95. The molecule has 5 heteroatoms. The zero-order valence-electron chi connectivity index (χ0n) is 12.9. The van der Waals surface area contributed by atoms with Crippen molar-refractivity contribution in [2.45, 2.75) is 20.0 Å². The predicted octanol–water partition coefficient (Wildman–Crippen LogP) is 2.56. The molecule has 116 valence electrons. The minimum Gasteiger partial charge on any atom is -0.345 e. The standard InChI is InChI=1S/C18H18N4O/c1-14-7-8-16(11-20-14)18(23)21-12-17-19-9-10-22(17)13-15-5-3-2-4-6-15/h2-11H,12-13H2,1H3,(H,21,23). The molecule has 0 unspecified atom stereocenters. The van der Waals surface area contributed by atoms with Crippen LogP contribution in [0.15, 0.2) is 61.1 Å². The highest BCUT2D eigenvalue weighted by Gasteiger charge is 2.08. The Morgan fingerprint density at radius 3 is 2.70 bits per heavy atom. The van der Waals surface area contributed by atoms with Gasteiger partial charge in [-0.2, -0.15) is 0 Å². The summed E-state index contributed by atoms with van der Waals surface area (Å²) in [5.74, 6) is 0.675. The van der Waals surface area contributed by atoms with Crippen molar-refractivity contribution in [3.8, 4) is 0 Å². The van der Waals surface area contributed by atoms with E-state index in [4.69, 9.17) is 0 Å². The quantitative estimate of drug-likeness (QED) is 0.788. The molecule has 5 nitrogen and oxygen atoms in total. The number of aryl methyl sites for hydroxylation is 1. The second-order valence-electron chi connectivity index (χ2n) is 5.33. The smallest absolute Gasteiger partial charge is 0.253 e. The lowest BCUT2D eigenvalue weighted by Gasteiger charge is -2.09. The molecular weight excluding hydrogens is 288 g/mol. The molecule has 23 heavy (non-hydrogen) atoms. The van der Waals surface area contributed by atoms with Gasteiger partial charge in [-0.15, -0.1) is 0 Å². The van der Waals surface area contributed by atoms with Crippen molar-refractivity contribution in [1.82, 2.24) is 19.9 Å². The molecule has 0 atom stereocenters. The first-order valence-corrected chi connectivity index (χ1v) is 7.47. The highest BCUT2D eigenvalue weighted by Crippen LogP contribution is 2.06. The van der Waals surface area contributed by atoms with Gasteiger partial charge in [-0.3, -0.25) is 9.78 Å². The Morgan fingerprint density at radius 1 is 1.13 bits per heavy atom. The predicted molar refractivity (Wildman–Crippen MR) is 87.9 cm³/mol. The second kappa shape index (κ2) is 6.87. The van der Waals surface area contributed by atoms with Gasteiger partial charge in [-0.1, -0.05) is 30.3 Å². The van der Waals surface area contributed by atoms with E-state index in [0.717, 1.165) is 18.1 Å². The van der Waals surface area contributed by atoms with Crippen molar-refractivity contribution in [3.05, 3.63) is 83.7 Å². The molecule has 1 N–H and O–H groups in total. The summed E-state index contributed by atoms with van der Waals surface area (Å²) in [4.78, 5) is 20.6. The molecule has 0 aliphatic heterocycles. The molecule has 0 aliphatic carbocycles. The van der Waals surface area contributed by atoms with E-state index >= 15 is 0 Å². The third-order valence-electron chi connectivity index (χ3n) is 3.58. The first kappa shape index (κ1) is 15.0. The molecule has 3 aromatic rings. The van der Waals surface area contributed by atoms with Gasteiger partial charge in [0.1, 0.15) is 5.82 Å². The molecule has 2 heterocycles. The Labute approximate surface area is 135 Å². The minimum absolute atomic E-state index is 0.147. The average molecular weight is 306 g/mol. The summed E-state index contributed by atoms with van der Waals surface area (Å²) in [5, 5.41) is 2.88. The van der Waals surface area contributed by atoms with E-state index in [1.165, 1.54) is 5.56 Å². The lowest BCUT2D eigenvalue weighted by Crippen LogP contribution is -2.25. The van der Waals surface area contributed by atoms with Crippen LogP contribution in [-0.4, -0.2) is 20.4 Å². The summed E-state index contributed by atoms with van der Waals surface area (Å²) < 4.78 is 2.03. The van der Waals surface area contributed by atoms with Crippen LogP contribution in [0.5, 0.6) is 0 Å². The molecule has 3 rings (SSSR count). The largest absolute Gasteiger partial charge is 0.345 e. The van der Waals surface area contributed by atoms with Crippen LogP contribution in [0.25, 0.3) is 0 Å². The molecule has 1 amide bonds. The van der Waals surface area contributed by atoms with E-state index in [1.807, 2.05) is 42.0 Å². The van der Waals surface area contributed by atoms with Crippen molar-refractivity contribution in [2.24, 2.45) is 0 Å². The molecule has 0 aliphatic rings. The maximum absolute atomic E-state index is 12.1. The SMILES string of the molecule is Cc1ccc(C(=O)NCc2nccn2Cc2ccccc2)cn1. The third-order valence-corrected chi connectivity index (χ3v) is 3.58. The Kier molecular flexibility index (Phi) is 4.47. The van der Waals surface area contributed by atoms with E-state index in [9.17, 15) is 4.79 Å². The van der Waals surface area contributed by atoms with Crippen molar-refractivity contribution in [2.75, 3.05) is 0 Å². The number of aromatic nitrogens is 3. The van der Waals surface area contributed by atoms with Crippen LogP contribution in [-0.2, 0) is 13.1 Å². The number of hydrogen-bond donors (Lipinski definition) is 1. The lowest BCUT2D eigenvalue weighted by atomic mass is 10.2. The number of benzene rings is 1. The van der Waals surface area contributed by atoms with Gasteiger partial charge >= 0.3 is 0 Å². The van der Waals surface area contributed by atoms with Crippen molar-refractivity contribution in [3.63, 3.8) is 0 Å². The molecule has 0 radical (unpaired) electrons. The van der Waals surface area contributed by atoms with E-state index < -0.39 is 0 Å². The van der Waals surface area contributed by atoms with Crippen LogP contribution in [0.1, 0.15) is 27.4 Å². The van der Waals surface area contributed by atoms with Crippen LogP contribution >= 0.6 is 0 Å². The van der Waals surface area contributed by atoms with Crippen LogP contribution in [0.2, 0.25) is 0 Å². The second-order valence-corrected chi connectivity index (χ2v) is 5.33. The van der Waals surface area contributed by atoms with E-state index in [1.54, 1.807) is 18.5 Å². The van der Waals surface area contributed by atoms with Crippen LogP contribution in [0, 0.1) is 6.92 Å². The molecule has 0 bridgehead atoms. The van der Waals surface area contributed by atoms with Crippen molar-refractivity contribution in [1.29, 1.82) is 0 Å². The van der Waals surface area contributed by atoms with Gasteiger partial charge in [0.2, 0.25) is 0 Å². The van der Waals surface area contributed by atoms with Gasteiger partial charge in [-0.05, 0) is 24.6 Å². The molecule has 2 aromatic heterocycles. The summed E-state index contributed by atoms with van der Waals surface area (Å²) in [6.45, 7) is 3.01. The average Bonchev–Trinajstić information content (AvgIpc) is 3.01. The minimum atomic E-state index is -0.147. The fourth-order valence-electron chi connectivity index (χ4n) is 2.29. The number of nitrogens with one attached hydrogen (secondary N) is 1. The summed E-state index contributed by atoms with van der Waals surface area (Å²) in [6.07, 6.45) is 5.25. The topological polar surface area (TPSA) is 59.8 Å². The summed E-state index contributed by atoms with van der Waals surface area (Å²) >= 11 is 0. The van der Waals surface area contributed by atoms with Gasteiger partial charge in [0.25, 0.3) is 5.91 Å². The van der Waals surface area contributed by atoms with E-state index in [0.29, 0.717) is 12.1 Å². The number of carbonyl (C=O) groups is 1. The number of pyridine rings is 1. The van der Waals surface area contributed by atoms with E-state index in [-0.39, 0.29) is 5.91 Å². The molecule has 0 fully saturated rings. The highest BCUT2D eigenvalue weighted by molar-refractivity contribution is 5.93. The maximum Gasteiger partial charge on any atom is 0.253 e. The van der Waals surface area contributed by atoms with Crippen LogP contribution in [0.3, 0.4) is 0 Å². The Balaban J connectivity index is 1.64. The molecular formula is C18H18N4O. The zero-order valence-corrected chi connectivity index (χ0v) is 12.9. The van der Waals surface area contributed by atoms with Gasteiger partial charge < -0.3 is 9.88 Å². The van der Waals surface area contributed by atoms with Crippen molar-refractivity contribution < 1.29 is 4.79 Å². The lowest BCUT2D eigenvalue weighted by molar-refractivity contribution is 0.0949. The van der Waals surface area contributed by atoms with Crippen LogP contribution in [0.4, 0.5) is 0 Å². The summed E-state index contributed by atoms with van der Waals surface area (Å²) in [5.41, 5.74) is 2.64. The van der Waals surface area contributed by atoms with Gasteiger partial charge in [0.15, 0.2) is 0 Å². The van der Waals surface area contributed by atoms with Gasteiger partial charge in [0, 0.05) is 30.8 Å². The Morgan fingerprint density at radius 2 is 1.96 bits per heavy atom. The molecule has 0 saturated carbocycles. The number of hydrogen-bond acceptors (Lipinski definition) is 3. The van der Waals surface area contributed by atoms with Gasteiger partial charge in [0.05, 0.1) is 12.1 Å². The number of carbonyl (C=O) groups excluding carboxylic acids is 1. The monoisotopic (exact) mass is 306 g/mol. The van der Waals surface area contributed by atoms with Gasteiger partial charge in [-0.25, -0.2) is 4.98 Å². The molecule has 0 saturated heterocycles. The summed E-state index contributed by atoms with van der Waals surface area (Å²) in [6, 6.07) is 13.8. The zero-order chi connectivity index (χ0) is 16.1. The summed E-state index contributed by atoms with van der Waals surface area (Å²) in [7, 11) is 0. The van der Waals surface area contributed by atoms with E-state index in [2.05, 4.69) is 27.4 Å². The fourth-order valence-corrected chi connectivity index (χ4v) is 2.29. The number of imidazole rings is 1. The normalized spacial score (nSPS) is 10.5. The Bertz CT molecular complexity index is 778. The first-order valence-electron chi connectivity index (χ1n) is 7.47. The first-order chi connectivity index (χ1) is 11.2. The highest BCUT2D eigenvalue weighted by atomic mass is 16.1. The fraction of sp³-hybridized carbons (Fsp3) is 0.167. The number of amides is 1. The number of nitrogens with zero attached hydrogens (tertiary/aromatic N) is 3. The maximum atomic E-state index is 12.1. The third kappa shape index (κ3) is 3.83. The van der Waals surface area contributed by atoms with Crippen LogP contribution < -0.4 is 5.32 Å².